The van der Waals surface area contributed by atoms with E-state index in [1.807, 2.05) is 13.8 Å². The highest BCUT2D eigenvalue weighted by molar-refractivity contribution is 5.98. The molecule has 5 heteroatoms. The molecule has 0 radical (unpaired) electrons. The van der Waals surface area contributed by atoms with E-state index in [9.17, 15) is 9.90 Å². The Balaban J connectivity index is 2.14. The van der Waals surface area contributed by atoms with Gasteiger partial charge < -0.3 is 20.5 Å². The summed E-state index contributed by atoms with van der Waals surface area (Å²) in [5.41, 5.74) is 0.909. The molecule has 0 saturated carbocycles. The van der Waals surface area contributed by atoms with Crippen LogP contribution in [0.2, 0.25) is 0 Å². The quantitative estimate of drug-likeness (QED) is 0.750. The Kier molecular flexibility index (Phi) is 5.20. The Morgan fingerprint density at radius 1 is 1.48 bits per heavy atom. The van der Waals surface area contributed by atoms with Gasteiger partial charge in [-0.2, -0.15) is 0 Å². The van der Waals surface area contributed by atoms with E-state index in [-0.39, 0.29) is 12.5 Å². The summed E-state index contributed by atoms with van der Waals surface area (Å²) in [5, 5.41) is 15.7. The van der Waals surface area contributed by atoms with Crippen LogP contribution in [0.1, 0.15) is 38.7 Å². The zero-order valence-corrected chi connectivity index (χ0v) is 12.7. The summed E-state index contributed by atoms with van der Waals surface area (Å²) in [7, 11) is 0. The minimum atomic E-state index is -0.460. The highest BCUT2D eigenvalue weighted by Crippen LogP contribution is 2.27. The third-order valence-corrected chi connectivity index (χ3v) is 4.07. The van der Waals surface area contributed by atoms with E-state index >= 15 is 0 Å². The summed E-state index contributed by atoms with van der Waals surface area (Å²) >= 11 is 0. The summed E-state index contributed by atoms with van der Waals surface area (Å²) in [4.78, 5) is 12.5. The molecule has 1 heterocycles. The van der Waals surface area contributed by atoms with Crippen molar-refractivity contribution in [1.82, 2.24) is 5.32 Å². The lowest BCUT2D eigenvalue weighted by atomic mass is 9.93. The average molecular weight is 292 g/mol. The number of carbonyl (C=O) groups is 1. The number of hydrogen-bond acceptors (Lipinski definition) is 4. The van der Waals surface area contributed by atoms with E-state index in [1.54, 1.807) is 18.2 Å². The number of ether oxygens (including phenoxy) is 1. The second-order valence-electron chi connectivity index (χ2n) is 5.33. The number of aliphatic hydroxyl groups is 1. The van der Waals surface area contributed by atoms with E-state index in [0.717, 1.165) is 25.8 Å². The van der Waals surface area contributed by atoms with Gasteiger partial charge in [-0.1, -0.05) is 6.92 Å². The van der Waals surface area contributed by atoms with E-state index in [1.165, 1.54) is 0 Å². The van der Waals surface area contributed by atoms with Gasteiger partial charge in [-0.15, -0.1) is 0 Å². The van der Waals surface area contributed by atoms with Crippen molar-refractivity contribution in [3.63, 3.8) is 0 Å². The lowest BCUT2D eigenvalue weighted by molar-refractivity contribution is -0.122. The molecule has 1 aliphatic rings. The Morgan fingerprint density at radius 3 is 2.86 bits per heavy atom. The first-order chi connectivity index (χ1) is 10.1. The van der Waals surface area contributed by atoms with Crippen LogP contribution < -0.4 is 15.4 Å². The maximum Gasteiger partial charge on any atom is 0.244 e. The molecule has 0 aromatic heterocycles. The lowest BCUT2D eigenvalue weighted by Gasteiger charge is -2.26. The fourth-order valence-electron chi connectivity index (χ4n) is 2.79. The van der Waals surface area contributed by atoms with Gasteiger partial charge in [0.05, 0.1) is 18.8 Å². The Hall–Kier alpha value is -1.59. The molecule has 1 saturated heterocycles. The molecular formula is C16H24N2O3. The maximum absolute atomic E-state index is 12.5. The third-order valence-electron chi connectivity index (χ3n) is 4.07. The Morgan fingerprint density at radius 2 is 2.29 bits per heavy atom. The maximum atomic E-state index is 12.5. The SMILES string of the molecule is CCOc1ccc(NC(=O)C2(CC)CCCN2)cc1CO. The van der Waals surface area contributed by atoms with Crippen LogP contribution in [-0.4, -0.2) is 29.7 Å². The molecule has 3 N–H and O–H groups in total. The number of anilines is 1. The molecule has 0 aliphatic carbocycles. The Labute approximate surface area is 125 Å². The van der Waals surface area contributed by atoms with Crippen molar-refractivity contribution < 1.29 is 14.6 Å². The summed E-state index contributed by atoms with van der Waals surface area (Å²) in [6, 6.07) is 5.35. The van der Waals surface area contributed by atoms with Crippen LogP contribution in [0.15, 0.2) is 18.2 Å². The predicted octanol–water partition coefficient (Wildman–Crippen LogP) is 2.05. The summed E-state index contributed by atoms with van der Waals surface area (Å²) in [6.07, 6.45) is 2.65. The molecule has 2 rings (SSSR count). The van der Waals surface area contributed by atoms with Gasteiger partial charge in [-0.25, -0.2) is 0 Å². The fourth-order valence-corrected chi connectivity index (χ4v) is 2.79. The Bertz CT molecular complexity index is 496. The predicted molar refractivity (Wildman–Crippen MR) is 82.4 cm³/mol. The van der Waals surface area contributed by atoms with Gasteiger partial charge >= 0.3 is 0 Å². The molecule has 0 spiro atoms. The molecule has 1 unspecified atom stereocenters. The number of benzene rings is 1. The standard InChI is InChI=1S/C16H24N2O3/c1-3-16(8-5-9-17-16)15(20)18-13-6-7-14(21-4-2)12(10-13)11-19/h6-7,10,17,19H,3-5,8-9,11H2,1-2H3,(H,18,20). The molecule has 1 amide bonds. The van der Waals surface area contributed by atoms with Crippen molar-refractivity contribution in [3.8, 4) is 5.75 Å². The van der Waals surface area contributed by atoms with Crippen LogP contribution >= 0.6 is 0 Å². The number of carbonyl (C=O) groups excluding carboxylic acids is 1. The van der Waals surface area contributed by atoms with Gasteiger partial charge in [0, 0.05) is 11.3 Å². The summed E-state index contributed by atoms with van der Waals surface area (Å²) in [5.74, 6) is 0.651. The molecule has 5 nitrogen and oxygen atoms in total. The van der Waals surface area contributed by atoms with Gasteiger partial charge in [-0.3, -0.25) is 4.79 Å². The van der Waals surface area contributed by atoms with E-state index in [2.05, 4.69) is 10.6 Å². The molecular weight excluding hydrogens is 268 g/mol. The van der Waals surface area contributed by atoms with Crippen LogP contribution in [0.3, 0.4) is 0 Å². The van der Waals surface area contributed by atoms with Gasteiger partial charge in [0.2, 0.25) is 5.91 Å². The van der Waals surface area contributed by atoms with E-state index in [4.69, 9.17) is 4.74 Å². The number of amides is 1. The average Bonchev–Trinajstić information content (AvgIpc) is 2.99. The first-order valence-corrected chi connectivity index (χ1v) is 7.58. The van der Waals surface area contributed by atoms with E-state index < -0.39 is 5.54 Å². The monoisotopic (exact) mass is 292 g/mol. The number of aliphatic hydroxyl groups excluding tert-OH is 1. The van der Waals surface area contributed by atoms with Crippen LogP contribution in [0.25, 0.3) is 0 Å². The van der Waals surface area contributed by atoms with Gasteiger partial charge in [-0.05, 0) is 50.9 Å². The fraction of sp³-hybridized carbons (Fsp3) is 0.562. The molecule has 21 heavy (non-hydrogen) atoms. The lowest BCUT2D eigenvalue weighted by Crippen LogP contribution is -2.50. The first kappa shape index (κ1) is 15.8. The summed E-state index contributed by atoms with van der Waals surface area (Å²) < 4.78 is 5.44. The van der Waals surface area contributed by atoms with Crippen molar-refractivity contribution in [2.45, 2.75) is 45.3 Å². The molecule has 1 aromatic rings. The van der Waals surface area contributed by atoms with Crippen LogP contribution in [0, 0.1) is 0 Å². The van der Waals surface area contributed by atoms with Gasteiger partial charge in [0.15, 0.2) is 0 Å². The minimum Gasteiger partial charge on any atom is -0.494 e. The van der Waals surface area contributed by atoms with Crippen molar-refractivity contribution in [3.05, 3.63) is 23.8 Å². The molecule has 1 aromatic carbocycles. The number of nitrogens with one attached hydrogen (secondary N) is 2. The van der Waals surface area contributed by atoms with Crippen LogP contribution in [-0.2, 0) is 11.4 Å². The smallest absolute Gasteiger partial charge is 0.244 e. The number of rotatable bonds is 6. The molecule has 1 fully saturated rings. The molecule has 1 aliphatic heterocycles. The normalized spacial score (nSPS) is 21.3. The van der Waals surface area contributed by atoms with Crippen molar-refractivity contribution in [1.29, 1.82) is 0 Å². The molecule has 116 valence electrons. The zero-order chi connectivity index (χ0) is 15.3. The molecule has 0 bridgehead atoms. The first-order valence-electron chi connectivity index (χ1n) is 7.58. The highest BCUT2D eigenvalue weighted by atomic mass is 16.5. The van der Waals surface area contributed by atoms with Crippen molar-refractivity contribution >= 4 is 11.6 Å². The van der Waals surface area contributed by atoms with Crippen LogP contribution in [0.4, 0.5) is 5.69 Å². The largest absolute Gasteiger partial charge is 0.494 e. The van der Waals surface area contributed by atoms with Crippen LogP contribution in [0.5, 0.6) is 5.75 Å². The third kappa shape index (κ3) is 3.36. The van der Waals surface area contributed by atoms with E-state index in [0.29, 0.717) is 23.6 Å². The van der Waals surface area contributed by atoms with Crippen molar-refractivity contribution in [2.75, 3.05) is 18.5 Å². The van der Waals surface area contributed by atoms with Gasteiger partial charge in [0.25, 0.3) is 0 Å². The second kappa shape index (κ2) is 6.91. The number of hydrogen-bond donors (Lipinski definition) is 3. The summed E-state index contributed by atoms with van der Waals surface area (Å²) in [6.45, 7) is 5.23. The highest BCUT2D eigenvalue weighted by Gasteiger charge is 2.39. The minimum absolute atomic E-state index is 0.00412. The molecule has 1 atom stereocenters. The van der Waals surface area contributed by atoms with Gasteiger partial charge in [0.1, 0.15) is 5.75 Å². The zero-order valence-electron chi connectivity index (χ0n) is 12.7. The topological polar surface area (TPSA) is 70.6 Å². The second-order valence-corrected chi connectivity index (χ2v) is 5.33. The van der Waals surface area contributed by atoms with Crippen molar-refractivity contribution in [2.24, 2.45) is 0 Å².